The van der Waals surface area contributed by atoms with Gasteiger partial charge in [-0.3, -0.25) is 4.79 Å². The van der Waals surface area contributed by atoms with Gasteiger partial charge in [0, 0.05) is 31.1 Å². The number of anilines is 1. The van der Waals surface area contributed by atoms with Gasteiger partial charge in [0.15, 0.2) is 0 Å². The fraction of sp³-hybridized carbons (Fsp3) is 0.310. The summed E-state index contributed by atoms with van der Waals surface area (Å²) >= 11 is 0. The van der Waals surface area contributed by atoms with E-state index in [0.717, 1.165) is 58.8 Å². The van der Waals surface area contributed by atoms with Gasteiger partial charge in [-0.05, 0) is 68.1 Å². The lowest BCUT2D eigenvalue weighted by Gasteiger charge is -2.18. The van der Waals surface area contributed by atoms with Crippen LogP contribution >= 0.6 is 0 Å². The number of nitrogens with zero attached hydrogens (tertiary/aromatic N) is 3. The van der Waals surface area contributed by atoms with Crippen molar-refractivity contribution in [3.63, 3.8) is 0 Å². The summed E-state index contributed by atoms with van der Waals surface area (Å²) in [6.45, 7) is 6.35. The van der Waals surface area contributed by atoms with Gasteiger partial charge in [0.2, 0.25) is 5.91 Å². The van der Waals surface area contributed by atoms with Gasteiger partial charge in [-0.15, -0.1) is 0 Å². The Balaban J connectivity index is 1.30. The van der Waals surface area contributed by atoms with E-state index in [4.69, 9.17) is 9.72 Å². The maximum absolute atomic E-state index is 12.9. The molecular formula is C29H31N3O2. The van der Waals surface area contributed by atoms with Gasteiger partial charge in [-0.2, -0.15) is 0 Å². The lowest BCUT2D eigenvalue weighted by atomic mass is 10.1. The van der Waals surface area contributed by atoms with Gasteiger partial charge in [0.1, 0.15) is 11.6 Å². The van der Waals surface area contributed by atoms with Crippen LogP contribution in [0.25, 0.3) is 11.0 Å². The average molecular weight is 454 g/mol. The molecule has 1 atom stereocenters. The SMILES string of the molecule is Cc1cccc(N2C[C@H](c3nc4ccccc4n3CCCCOc3ccccc3C)CC2=O)c1. The van der Waals surface area contributed by atoms with Crippen LogP contribution in [0.4, 0.5) is 5.69 Å². The zero-order chi connectivity index (χ0) is 23.5. The quantitative estimate of drug-likeness (QED) is 0.306. The number of hydrogen-bond donors (Lipinski definition) is 0. The number of carbonyl (C=O) groups excluding carboxylic acids is 1. The molecule has 174 valence electrons. The summed E-state index contributed by atoms with van der Waals surface area (Å²) in [6, 6.07) is 24.6. The molecule has 0 spiro atoms. The van der Waals surface area contributed by atoms with Gasteiger partial charge in [0.25, 0.3) is 0 Å². The van der Waals surface area contributed by atoms with E-state index in [1.807, 2.05) is 41.3 Å². The summed E-state index contributed by atoms with van der Waals surface area (Å²) < 4.78 is 8.30. The van der Waals surface area contributed by atoms with Crippen LogP contribution in [0.3, 0.4) is 0 Å². The van der Waals surface area contributed by atoms with Crippen LogP contribution in [0, 0.1) is 13.8 Å². The molecule has 5 heteroatoms. The number of unbranched alkanes of at least 4 members (excludes halogenated alkanes) is 1. The third-order valence-corrected chi connectivity index (χ3v) is 6.61. The maximum Gasteiger partial charge on any atom is 0.227 e. The molecule has 0 N–H and O–H groups in total. The third kappa shape index (κ3) is 4.56. The molecule has 1 aliphatic rings. The monoisotopic (exact) mass is 453 g/mol. The number of aryl methyl sites for hydroxylation is 3. The van der Waals surface area contributed by atoms with Crippen molar-refractivity contribution in [2.45, 2.75) is 45.6 Å². The summed E-state index contributed by atoms with van der Waals surface area (Å²) in [7, 11) is 0. The molecule has 5 nitrogen and oxygen atoms in total. The highest BCUT2D eigenvalue weighted by atomic mass is 16.5. The molecule has 0 bridgehead atoms. The Hall–Kier alpha value is -3.60. The van der Waals surface area contributed by atoms with Gasteiger partial charge in [0.05, 0.1) is 17.6 Å². The summed E-state index contributed by atoms with van der Waals surface area (Å²) in [4.78, 5) is 19.8. The molecule has 2 heterocycles. The normalized spacial score (nSPS) is 15.9. The van der Waals surface area contributed by atoms with Crippen molar-refractivity contribution in [2.75, 3.05) is 18.1 Å². The van der Waals surface area contributed by atoms with E-state index >= 15 is 0 Å². The number of ether oxygens (including phenoxy) is 1. The Morgan fingerprint density at radius 3 is 2.65 bits per heavy atom. The molecule has 0 radical (unpaired) electrons. The molecule has 0 aliphatic carbocycles. The third-order valence-electron chi connectivity index (χ3n) is 6.61. The van der Waals surface area contributed by atoms with Crippen molar-refractivity contribution in [3.8, 4) is 5.75 Å². The van der Waals surface area contributed by atoms with Crippen molar-refractivity contribution in [3.05, 3.63) is 89.7 Å². The van der Waals surface area contributed by atoms with Crippen molar-refractivity contribution >= 4 is 22.6 Å². The molecule has 1 amide bonds. The largest absolute Gasteiger partial charge is 0.493 e. The van der Waals surface area contributed by atoms with Crippen molar-refractivity contribution in [1.82, 2.24) is 9.55 Å². The Morgan fingerprint density at radius 1 is 0.971 bits per heavy atom. The second-order valence-corrected chi connectivity index (χ2v) is 9.18. The number of hydrogen-bond acceptors (Lipinski definition) is 3. The van der Waals surface area contributed by atoms with E-state index in [2.05, 4.69) is 54.8 Å². The summed E-state index contributed by atoms with van der Waals surface area (Å²) in [5, 5.41) is 0. The standard InChI is InChI=1S/C29H31N3O2/c1-21-10-9-12-24(18-21)32-20-23(19-28(32)33)29-30-25-13-4-5-14-26(25)31(29)16-7-8-17-34-27-15-6-3-11-22(27)2/h3-6,9-15,18,23H,7-8,16-17,19-20H2,1-2H3/t23-/m1/s1. The van der Waals surface area contributed by atoms with Crippen LogP contribution in [0.15, 0.2) is 72.8 Å². The Morgan fingerprint density at radius 2 is 1.79 bits per heavy atom. The molecular weight excluding hydrogens is 422 g/mol. The summed E-state index contributed by atoms with van der Waals surface area (Å²) in [5.41, 5.74) is 5.43. The second kappa shape index (κ2) is 9.72. The molecule has 3 aromatic carbocycles. The predicted octanol–water partition coefficient (Wildman–Crippen LogP) is 6.03. The van der Waals surface area contributed by atoms with Gasteiger partial charge in [-0.25, -0.2) is 4.98 Å². The van der Waals surface area contributed by atoms with Crippen LogP contribution < -0.4 is 9.64 Å². The number of para-hydroxylation sites is 3. The van der Waals surface area contributed by atoms with Gasteiger partial charge >= 0.3 is 0 Å². The zero-order valence-corrected chi connectivity index (χ0v) is 19.9. The number of imidazole rings is 1. The Labute approximate surface area is 201 Å². The molecule has 1 fully saturated rings. The first-order chi connectivity index (χ1) is 16.6. The smallest absolute Gasteiger partial charge is 0.227 e. The number of benzene rings is 3. The van der Waals surface area contributed by atoms with Gasteiger partial charge < -0.3 is 14.2 Å². The number of fused-ring (bicyclic) bond motifs is 1. The van der Waals surface area contributed by atoms with Crippen molar-refractivity contribution in [2.24, 2.45) is 0 Å². The minimum Gasteiger partial charge on any atom is -0.493 e. The first-order valence-corrected chi connectivity index (χ1v) is 12.1. The first-order valence-electron chi connectivity index (χ1n) is 12.1. The topological polar surface area (TPSA) is 47.4 Å². The zero-order valence-electron chi connectivity index (χ0n) is 19.9. The van der Waals surface area contributed by atoms with E-state index < -0.39 is 0 Å². The first kappa shape index (κ1) is 22.2. The molecule has 0 saturated carbocycles. The van der Waals surface area contributed by atoms with Crippen LogP contribution in [0.1, 0.15) is 42.1 Å². The molecule has 4 aromatic rings. The van der Waals surface area contributed by atoms with Crippen molar-refractivity contribution < 1.29 is 9.53 Å². The Kier molecular flexibility index (Phi) is 6.35. The molecule has 34 heavy (non-hydrogen) atoms. The lowest BCUT2D eigenvalue weighted by Crippen LogP contribution is -2.24. The lowest BCUT2D eigenvalue weighted by molar-refractivity contribution is -0.117. The summed E-state index contributed by atoms with van der Waals surface area (Å²) in [5.74, 6) is 2.23. The van der Waals surface area contributed by atoms with Crippen LogP contribution in [-0.2, 0) is 11.3 Å². The molecule has 0 unspecified atom stereocenters. The van der Waals surface area contributed by atoms with Gasteiger partial charge in [-0.1, -0.05) is 42.5 Å². The number of amides is 1. The Bertz CT molecular complexity index is 1310. The van der Waals surface area contributed by atoms with Crippen LogP contribution in [0.2, 0.25) is 0 Å². The fourth-order valence-corrected chi connectivity index (χ4v) is 4.84. The van der Waals surface area contributed by atoms with E-state index in [1.165, 1.54) is 0 Å². The predicted molar refractivity (Wildman–Crippen MR) is 137 cm³/mol. The highest BCUT2D eigenvalue weighted by Gasteiger charge is 2.34. The van der Waals surface area contributed by atoms with Crippen molar-refractivity contribution in [1.29, 1.82) is 0 Å². The average Bonchev–Trinajstić information content (AvgIpc) is 3.40. The van der Waals surface area contributed by atoms with E-state index in [0.29, 0.717) is 19.6 Å². The minimum atomic E-state index is 0.0867. The summed E-state index contributed by atoms with van der Waals surface area (Å²) in [6.07, 6.45) is 2.44. The van der Waals surface area contributed by atoms with Crippen LogP contribution in [0.5, 0.6) is 5.75 Å². The second-order valence-electron chi connectivity index (χ2n) is 9.18. The molecule has 1 aromatic heterocycles. The number of rotatable bonds is 8. The molecule has 1 saturated heterocycles. The minimum absolute atomic E-state index is 0.0867. The highest BCUT2D eigenvalue weighted by molar-refractivity contribution is 5.96. The van der Waals surface area contributed by atoms with E-state index in [9.17, 15) is 4.79 Å². The molecule has 1 aliphatic heterocycles. The highest BCUT2D eigenvalue weighted by Crippen LogP contribution is 2.33. The van der Waals surface area contributed by atoms with E-state index in [-0.39, 0.29) is 11.8 Å². The van der Waals surface area contributed by atoms with E-state index in [1.54, 1.807) is 0 Å². The number of aromatic nitrogens is 2. The number of carbonyl (C=O) groups is 1. The molecule has 5 rings (SSSR count). The van der Waals surface area contributed by atoms with Crippen LogP contribution in [-0.4, -0.2) is 28.6 Å². The fourth-order valence-electron chi connectivity index (χ4n) is 4.84. The maximum atomic E-state index is 12.9.